The van der Waals surface area contributed by atoms with Gasteiger partial charge in [-0.2, -0.15) is 0 Å². The molecule has 0 bridgehead atoms. The van der Waals surface area contributed by atoms with Gasteiger partial charge in [-0.1, -0.05) is 50.2 Å². The third-order valence-corrected chi connectivity index (χ3v) is 7.04. The Kier molecular flexibility index (Phi) is 9.73. The summed E-state index contributed by atoms with van der Waals surface area (Å²) in [6, 6.07) is 24.3. The monoisotopic (exact) mass is 540 g/mol. The van der Waals surface area contributed by atoms with Crippen molar-refractivity contribution in [1.29, 1.82) is 0 Å². The summed E-state index contributed by atoms with van der Waals surface area (Å²) in [7, 11) is 4.98. The van der Waals surface area contributed by atoms with E-state index >= 15 is 0 Å². The van der Waals surface area contributed by atoms with Crippen LogP contribution in [0.3, 0.4) is 0 Å². The predicted molar refractivity (Wildman–Crippen MR) is 163 cm³/mol. The average Bonchev–Trinajstić information content (AvgIpc) is 3.01. The highest BCUT2D eigenvalue weighted by Gasteiger charge is 2.40. The number of aryl methyl sites for hydroxylation is 1. The zero-order valence-electron chi connectivity index (χ0n) is 24.5. The summed E-state index contributed by atoms with van der Waals surface area (Å²) in [6.45, 7) is 8.21. The van der Waals surface area contributed by atoms with E-state index in [0.717, 1.165) is 60.0 Å². The van der Waals surface area contributed by atoms with Gasteiger partial charge >= 0.3 is 0 Å². The first kappa shape index (κ1) is 29.0. The topological polar surface area (TPSA) is 46.2 Å². The van der Waals surface area contributed by atoms with Gasteiger partial charge in [0, 0.05) is 36.0 Å². The second-order valence-electron chi connectivity index (χ2n) is 9.73. The van der Waals surface area contributed by atoms with E-state index in [2.05, 4.69) is 63.3 Å². The van der Waals surface area contributed by atoms with Crippen LogP contribution in [0.25, 0.3) is 16.8 Å². The van der Waals surface area contributed by atoms with E-state index in [-0.39, 0.29) is 0 Å². The molecule has 0 spiro atoms. The molecule has 210 valence electrons. The number of rotatable bonds is 9. The van der Waals surface area contributed by atoms with Crippen LogP contribution in [0.15, 0.2) is 78.9 Å². The Morgan fingerprint density at radius 3 is 2.00 bits per heavy atom. The second-order valence-corrected chi connectivity index (χ2v) is 9.73. The van der Waals surface area contributed by atoms with Crippen LogP contribution < -0.4 is 18.9 Å². The minimum Gasteiger partial charge on any atom is -0.497 e. The predicted octanol–water partition coefficient (Wildman–Crippen LogP) is 8.35. The van der Waals surface area contributed by atoms with Crippen molar-refractivity contribution in [3.8, 4) is 23.0 Å². The number of hydrogen-bond acceptors (Lipinski definition) is 5. The molecular formula is C35H40O5. The van der Waals surface area contributed by atoms with E-state index in [1.807, 2.05) is 42.5 Å². The number of fused-ring (bicyclic) bond motifs is 3. The summed E-state index contributed by atoms with van der Waals surface area (Å²) in [5.41, 5.74) is 3.23. The maximum Gasteiger partial charge on any atom is 0.181 e. The van der Waals surface area contributed by atoms with Crippen molar-refractivity contribution in [2.45, 2.75) is 39.2 Å². The number of ether oxygens (including phenoxy) is 5. The lowest BCUT2D eigenvalue weighted by atomic mass is 9.82. The van der Waals surface area contributed by atoms with Crippen LogP contribution in [0.1, 0.15) is 48.9 Å². The smallest absolute Gasteiger partial charge is 0.181 e. The van der Waals surface area contributed by atoms with Crippen molar-refractivity contribution >= 4 is 16.8 Å². The van der Waals surface area contributed by atoms with Gasteiger partial charge in [-0.25, -0.2) is 0 Å². The van der Waals surface area contributed by atoms with Crippen LogP contribution in [0.5, 0.6) is 23.0 Å². The molecule has 5 heteroatoms. The molecule has 1 aliphatic rings. The van der Waals surface area contributed by atoms with E-state index in [4.69, 9.17) is 23.7 Å². The largest absolute Gasteiger partial charge is 0.497 e. The molecule has 0 saturated carbocycles. The van der Waals surface area contributed by atoms with Crippen molar-refractivity contribution < 1.29 is 23.7 Å². The van der Waals surface area contributed by atoms with Crippen molar-refractivity contribution in [1.82, 2.24) is 0 Å². The highest BCUT2D eigenvalue weighted by Crippen LogP contribution is 2.48. The van der Waals surface area contributed by atoms with Gasteiger partial charge in [0.2, 0.25) is 0 Å². The minimum absolute atomic E-state index is 0.691. The Morgan fingerprint density at radius 2 is 1.38 bits per heavy atom. The summed E-state index contributed by atoms with van der Waals surface area (Å²) in [5, 5.41) is 2.40. The fourth-order valence-corrected chi connectivity index (χ4v) is 5.00. The third kappa shape index (κ3) is 5.95. The molecule has 1 atom stereocenters. The summed E-state index contributed by atoms with van der Waals surface area (Å²) in [5.74, 6) is 3.04. The standard InChI is InChI=1S/C29H26O4.C6H14O/c1-19-17-27-25(24-8-6-5-7-23(19)24)15-16-29(33-27,20-9-11-21(30-2)12-10-20)26-14-13-22(31-3)18-28(26)32-4;1-3-5-7-6-4-2/h5-18H,1-4H3;3-6H2,1-2H3. The van der Waals surface area contributed by atoms with E-state index < -0.39 is 5.60 Å². The molecule has 0 radical (unpaired) electrons. The van der Waals surface area contributed by atoms with Crippen molar-refractivity contribution in [2.24, 2.45) is 0 Å². The number of hydrogen-bond donors (Lipinski definition) is 0. The lowest BCUT2D eigenvalue weighted by Gasteiger charge is -2.37. The first-order chi connectivity index (χ1) is 19.5. The van der Waals surface area contributed by atoms with Crippen LogP contribution in [0.2, 0.25) is 0 Å². The van der Waals surface area contributed by atoms with E-state index in [9.17, 15) is 0 Å². The van der Waals surface area contributed by atoms with Gasteiger partial charge in [0.05, 0.1) is 21.3 Å². The van der Waals surface area contributed by atoms with Crippen molar-refractivity contribution in [3.05, 3.63) is 101 Å². The fraction of sp³-hybridized carbons (Fsp3) is 0.314. The van der Waals surface area contributed by atoms with Crippen molar-refractivity contribution in [2.75, 3.05) is 34.5 Å². The highest BCUT2D eigenvalue weighted by atomic mass is 16.5. The quantitative estimate of drug-likeness (QED) is 0.200. The molecule has 1 aliphatic heterocycles. The molecule has 0 saturated heterocycles. The van der Waals surface area contributed by atoms with Gasteiger partial charge in [0.1, 0.15) is 23.0 Å². The van der Waals surface area contributed by atoms with Crippen LogP contribution >= 0.6 is 0 Å². The van der Waals surface area contributed by atoms with Gasteiger partial charge in [0.15, 0.2) is 5.60 Å². The van der Waals surface area contributed by atoms with E-state index in [1.54, 1.807) is 21.3 Å². The molecule has 0 aromatic heterocycles. The normalized spacial score (nSPS) is 15.4. The van der Waals surface area contributed by atoms with E-state index in [1.165, 1.54) is 16.3 Å². The molecule has 1 heterocycles. The number of benzene rings is 4. The third-order valence-electron chi connectivity index (χ3n) is 7.04. The van der Waals surface area contributed by atoms with Crippen LogP contribution in [-0.4, -0.2) is 34.5 Å². The fourth-order valence-electron chi connectivity index (χ4n) is 5.00. The lowest BCUT2D eigenvalue weighted by molar-refractivity contribution is 0.135. The number of methoxy groups -OCH3 is 3. The summed E-state index contributed by atoms with van der Waals surface area (Å²) < 4.78 is 28.7. The first-order valence-electron chi connectivity index (χ1n) is 13.9. The van der Waals surface area contributed by atoms with Gasteiger partial charge in [-0.05, 0) is 78.6 Å². The Bertz CT molecular complexity index is 1440. The zero-order chi connectivity index (χ0) is 28.5. The molecule has 40 heavy (non-hydrogen) atoms. The molecule has 0 N–H and O–H groups in total. The molecular weight excluding hydrogens is 500 g/mol. The molecule has 4 aromatic rings. The Balaban J connectivity index is 0.000000470. The van der Waals surface area contributed by atoms with E-state index in [0.29, 0.717) is 5.75 Å². The summed E-state index contributed by atoms with van der Waals surface area (Å²) >= 11 is 0. The Morgan fingerprint density at radius 1 is 0.725 bits per heavy atom. The lowest BCUT2D eigenvalue weighted by Crippen LogP contribution is -2.34. The van der Waals surface area contributed by atoms with Gasteiger partial charge in [0.25, 0.3) is 0 Å². The summed E-state index contributed by atoms with van der Waals surface area (Å²) in [4.78, 5) is 0. The maximum atomic E-state index is 6.92. The maximum absolute atomic E-state index is 6.92. The molecule has 0 amide bonds. The SMILES string of the molecule is CCCOCCC.COc1ccc(C2(c3ccc(OC)cc3OC)C=Cc3c(cc(C)c4ccccc34)O2)cc1. The molecule has 0 fully saturated rings. The molecule has 5 rings (SSSR count). The van der Waals surface area contributed by atoms with Crippen LogP contribution in [-0.2, 0) is 10.3 Å². The summed E-state index contributed by atoms with van der Waals surface area (Å²) in [6.07, 6.45) is 6.55. The Labute approximate surface area is 238 Å². The van der Waals surface area contributed by atoms with Crippen molar-refractivity contribution in [3.63, 3.8) is 0 Å². The minimum atomic E-state index is -0.883. The molecule has 1 unspecified atom stereocenters. The average molecular weight is 541 g/mol. The molecule has 4 aromatic carbocycles. The van der Waals surface area contributed by atoms with Crippen LogP contribution in [0, 0.1) is 6.92 Å². The second kappa shape index (κ2) is 13.4. The van der Waals surface area contributed by atoms with Crippen LogP contribution in [0.4, 0.5) is 0 Å². The highest BCUT2D eigenvalue weighted by molar-refractivity contribution is 5.96. The molecule has 5 nitrogen and oxygen atoms in total. The molecule has 0 aliphatic carbocycles. The van der Waals surface area contributed by atoms with Gasteiger partial charge < -0.3 is 23.7 Å². The first-order valence-corrected chi connectivity index (χ1v) is 13.9. The van der Waals surface area contributed by atoms with Gasteiger partial charge in [-0.3, -0.25) is 0 Å². The van der Waals surface area contributed by atoms with Gasteiger partial charge in [-0.15, -0.1) is 0 Å². The zero-order valence-corrected chi connectivity index (χ0v) is 24.5. The Hall–Kier alpha value is -3.96.